The smallest absolute Gasteiger partial charge is 0.246 e. The summed E-state index contributed by atoms with van der Waals surface area (Å²) in [5, 5.41) is 0. The van der Waals surface area contributed by atoms with Crippen LogP contribution in [0, 0.1) is 3.57 Å². The number of thiophene rings is 1. The molecule has 3 rings (SSSR count). The minimum atomic E-state index is -3.55. The van der Waals surface area contributed by atoms with E-state index in [0.717, 1.165) is 8.45 Å². The lowest BCUT2D eigenvalue weighted by atomic mass is 10.3. The number of anilines is 1. The lowest BCUT2D eigenvalue weighted by molar-refractivity contribution is -0.118. The van der Waals surface area contributed by atoms with Crippen LogP contribution in [0.15, 0.2) is 30.5 Å². The maximum Gasteiger partial charge on any atom is 0.246 e. The van der Waals surface area contributed by atoms with E-state index >= 15 is 0 Å². The van der Waals surface area contributed by atoms with Crippen molar-refractivity contribution >= 4 is 67.3 Å². The summed E-state index contributed by atoms with van der Waals surface area (Å²) >= 11 is 9.34. The average Bonchev–Trinajstić information content (AvgIpc) is 3.13. The third-order valence-electron chi connectivity index (χ3n) is 3.76. The number of pyridine rings is 1. The molecule has 3 heterocycles. The van der Waals surface area contributed by atoms with Crippen molar-refractivity contribution in [3.05, 3.63) is 43.2 Å². The van der Waals surface area contributed by atoms with E-state index in [-0.39, 0.29) is 11.7 Å². The first-order valence-electron chi connectivity index (χ1n) is 7.51. The van der Waals surface area contributed by atoms with E-state index in [1.54, 1.807) is 18.3 Å². The van der Waals surface area contributed by atoms with E-state index in [2.05, 4.69) is 32.3 Å². The molecule has 1 aliphatic heterocycles. The fourth-order valence-electron chi connectivity index (χ4n) is 2.54. The largest absolute Gasteiger partial charge is 0.295 e. The molecule has 1 fully saturated rings. The molecule has 1 aliphatic rings. The quantitative estimate of drug-likeness (QED) is 0.605. The molecule has 0 aliphatic carbocycles. The van der Waals surface area contributed by atoms with Gasteiger partial charge in [0.05, 0.1) is 10.1 Å². The summed E-state index contributed by atoms with van der Waals surface area (Å²) in [6.07, 6.45) is 2.47. The molecule has 0 aromatic carbocycles. The zero-order chi connectivity index (χ0) is 18.0. The van der Waals surface area contributed by atoms with E-state index in [1.165, 1.54) is 16.2 Å². The topological polar surface area (TPSA) is 79.4 Å². The number of aryl methyl sites for hydroxylation is 1. The van der Waals surface area contributed by atoms with Crippen molar-refractivity contribution in [3.8, 4) is 0 Å². The van der Waals surface area contributed by atoms with E-state index < -0.39 is 16.1 Å². The van der Waals surface area contributed by atoms with Crippen LogP contribution in [0.5, 0.6) is 0 Å². The van der Waals surface area contributed by atoms with Crippen LogP contribution in [0.25, 0.3) is 0 Å². The number of hydrogen-bond donors (Lipinski definition) is 1. The number of aromatic nitrogens is 1. The number of halogens is 2. The van der Waals surface area contributed by atoms with Crippen LogP contribution in [0.4, 0.5) is 5.82 Å². The fraction of sp³-hybridized carbons (Fsp3) is 0.333. The molecule has 1 unspecified atom stereocenters. The first-order valence-corrected chi connectivity index (χ1v) is 11.4. The highest BCUT2D eigenvalue weighted by atomic mass is 127. The highest BCUT2D eigenvalue weighted by Gasteiger charge is 2.35. The van der Waals surface area contributed by atoms with Crippen molar-refractivity contribution in [1.82, 2.24) is 9.71 Å². The second kappa shape index (κ2) is 7.87. The van der Waals surface area contributed by atoms with Gasteiger partial charge in [0.2, 0.25) is 15.9 Å². The van der Waals surface area contributed by atoms with Gasteiger partial charge >= 0.3 is 0 Å². The Bertz CT molecular complexity index is 870. The predicted molar refractivity (Wildman–Crippen MR) is 108 cm³/mol. The normalized spacial score (nSPS) is 18.1. The third-order valence-corrected chi connectivity index (χ3v) is 7.08. The minimum Gasteiger partial charge on any atom is -0.295 e. The molecule has 0 bridgehead atoms. The fourth-order valence-corrected chi connectivity index (χ4v) is 5.34. The third kappa shape index (κ3) is 4.91. The Morgan fingerprint density at radius 2 is 2.16 bits per heavy atom. The Morgan fingerprint density at radius 1 is 1.36 bits per heavy atom. The summed E-state index contributed by atoms with van der Waals surface area (Å²) in [6, 6.07) is 6.44. The van der Waals surface area contributed by atoms with Gasteiger partial charge in [-0.2, -0.15) is 0 Å². The Morgan fingerprint density at radius 3 is 2.80 bits per heavy atom. The van der Waals surface area contributed by atoms with Gasteiger partial charge in [-0.25, -0.2) is 18.1 Å². The van der Waals surface area contributed by atoms with Crippen LogP contribution in [-0.4, -0.2) is 37.6 Å². The van der Waals surface area contributed by atoms with Gasteiger partial charge in [0.25, 0.3) is 0 Å². The second-order valence-electron chi connectivity index (χ2n) is 5.56. The van der Waals surface area contributed by atoms with Gasteiger partial charge in [0, 0.05) is 21.2 Å². The summed E-state index contributed by atoms with van der Waals surface area (Å²) in [7, 11) is -3.55. The molecule has 1 atom stereocenters. The summed E-state index contributed by atoms with van der Waals surface area (Å²) in [4.78, 5) is 19.1. The number of nitrogens with one attached hydrogen (secondary N) is 1. The summed E-state index contributed by atoms with van der Waals surface area (Å²) in [5.41, 5.74) is 0. The highest BCUT2D eigenvalue weighted by Crippen LogP contribution is 2.23. The molecule has 0 saturated carbocycles. The monoisotopic (exact) mass is 511 g/mol. The zero-order valence-electron chi connectivity index (χ0n) is 13.0. The molecule has 6 nitrogen and oxygen atoms in total. The highest BCUT2D eigenvalue weighted by molar-refractivity contribution is 14.1. The van der Waals surface area contributed by atoms with Crippen molar-refractivity contribution in [3.63, 3.8) is 0 Å². The molecule has 10 heteroatoms. The van der Waals surface area contributed by atoms with E-state index in [1.807, 2.05) is 12.1 Å². The Balaban J connectivity index is 1.60. The van der Waals surface area contributed by atoms with Gasteiger partial charge in [0.15, 0.2) is 0 Å². The number of sulfonamides is 1. The van der Waals surface area contributed by atoms with E-state index in [4.69, 9.17) is 11.6 Å². The standard InChI is InChI=1S/C15H15ClIN3O3S2/c16-13-3-2-11(24-13)6-8-25(22,23)19-12-5-7-20(15(12)21)14-4-1-10(17)9-18-14/h1-4,9,12,19H,5-8H2. The van der Waals surface area contributed by atoms with Gasteiger partial charge in [-0.1, -0.05) is 11.6 Å². The van der Waals surface area contributed by atoms with E-state index in [0.29, 0.717) is 29.5 Å². The van der Waals surface area contributed by atoms with Crippen molar-refractivity contribution in [2.24, 2.45) is 0 Å². The van der Waals surface area contributed by atoms with Crippen LogP contribution in [0.2, 0.25) is 4.34 Å². The Hall–Kier alpha value is -0.750. The molecule has 1 amide bonds. The van der Waals surface area contributed by atoms with Crippen LogP contribution in [0.3, 0.4) is 0 Å². The van der Waals surface area contributed by atoms with E-state index in [9.17, 15) is 13.2 Å². The van der Waals surface area contributed by atoms with Gasteiger partial charge in [-0.15, -0.1) is 11.3 Å². The van der Waals surface area contributed by atoms with Crippen molar-refractivity contribution in [2.45, 2.75) is 18.9 Å². The van der Waals surface area contributed by atoms with Gasteiger partial charge in [-0.3, -0.25) is 9.69 Å². The summed E-state index contributed by atoms with van der Waals surface area (Å²) < 4.78 is 28.7. The number of rotatable bonds is 6. The molecule has 134 valence electrons. The maximum atomic E-state index is 12.5. The molecular formula is C15H15ClIN3O3S2. The molecule has 25 heavy (non-hydrogen) atoms. The molecule has 0 spiro atoms. The minimum absolute atomic E-state index is 0.0740. The van der Waals surface area contributed by atoms with Crippen molar-refractivity contribution in [2.75, 3.05) is 17.2 Å². The SMILES string of the molecule is O=C1C(NS(=O)(=O)CCc2ccc(Cl)s2)CCN1c1ccc(I)cn1. The van der Waals surface area contributed by atoms with Gasteiger partial charge in [-0.05, 0) is 59.7 Å². The number of amides is 1. The first kappa shape index (κ1) is 19.0. The summed E-state index contributed by atoms with van der Waals surface area (Å²) in [6.45, 7) is 0.445. The van der Waals surface area contributed by atoms with Crippen LogP contribution in [-0.2, 0) is 21.2 Å². The molecular weight excluding hydrogens is 497 g/mol. The molecule has 1 saturated heterocycles. The second-order valence-corrected chi connectivity index (χ2v) is 10.5. The molecule has 2 aromatic heterocycles. The summed E-state index contributed by atoms with van der Waals surface area (Å²) in [5.74, 6) is 0.201. The number of hydrogen-bond acceptors (Lipinski definition) is 5. The Kier molecular flexibility index (Phi) is 5.99. The predicted octanol–water partition coefficient (Wildman–Crippen LogP) is 2.67. The lowest BCUT2D eigenvalue weighted by Gasteiger charge is -2.16. The van der Waals surface area contributed by atoms with Crippen molar-refractivity contribution < 1.29 is 13.2 Å². The zero-order valence-corrected chi connectivity index (χ0v) is 17.5. The number of nitrogens with zero attached hydrogens (tertiary/aromatic N) is 2. The maximum absolute atomic E-state index is 12.5. The van der Waals surface area contributed by atoms with Gasteiger partial charge < -0.3 is 0 Å². The molecule has 2 aromatic rings. The number of carbonyl (C=O) groups excluding carboxylic acids is 1. The van der Waals surface area contributed by atoms with Crippen LogP contribution in [0.1, 0.15) is 11.3 Å². The number of carbonyl (C=O) groups is 1. The first-order chi connectivity index (χ1) is 11.8. The molecule has 0 radical (unpaired) electrons. The van der Waals surface area contributed by atoms with Crippen molar-refractivity contribution in [1.29, 1.82) is 0 Å². The average molecular weight is 512 g/mol. The molecule has 1 N–H and O–H groups in total. The lowest BCUT2D eigenvalue weighted by Crippen LogP contribution is -2.42. The Labute approximate surface area is 168 Å². The van der Waals surface area contributed by atoms with Crippen LogP contribution < -0.4 is 9.62 Å². The van der Waals surface area contributed by atoms with Crippen LogP contribution >= 0.6 is 45.5 Å². The van der Waals surface area contributed by atoms with Gasteiger partial charge in [0.1, 0.15) is 11.9 Å².